The van der Waals surface area contributed by atoms with Crippen molar-refractivity contribution in [3.63, 3.8) is 0 Å². The molecule has 4 rings (SSSR count). The lowest BCUT2D eigenvalue weighted by Crippen LogP contribution is -2.13. The Bertz CT molecular complexity index is 1120. The van der Waals surface area contributed by atoms with Crippen molar-refractivity contribution in [3.05, 3.63) is 94.6 Å². The second-order valence-corrected chi connectivity index (χ2v) is 7.03. The van der Waals surface area contributed by atoms with Crippen LogP contribution >= 0.6 is 0 Å². The molecule has 1 aliphatic rings. The number of ketones is 1. The molecule has 0 aliphatic carbocycles. The van der Waals surface area contributed by atoms with E-state index in [1.54, 1.807) is 18.3 Å². The zero-order valence-electron chi connectivity index (χ0n) is 15.7. The summed E-state index contributed by atoms with van der Waals surface area (Å²) < 4.78 is 53.2. The highest BCUT2D eigenvalue weighted by molar-refractivity contribution is 5.98. The van der Waals surface area contributed by atoms with Crippen LogP contribution < -0.4 is 0 Å². The van der Waals surface area contributed by atoms with Gasteiger partial charge in [-0.25, -0.2) is 4.39 Å². The molecule has 3 aromatic rings. The van der Waals surface area contributed by atoms with E-state index in [4.69, 9.17) is 0 Å². The van der Waals surface area contributed by atoms with Crippen molar-refractivity contribution in [1.82, 2.24) is 4.98 Å². The minimum Gasteiger partial charge on any atom is -0.294 e. The highest BCUT2D eigenvalue weighted by Crippen LogP contribution is 2.34. The average Bonchev–Trinajstić information content (AvgIpc) is 3.20. The van der Waals surface area contributed by atoms with Crippen molar-refractivity contribution < 1.29 is 22.4 Å². The highest BCUT2D eigenvalue weighted by Gasteiger charge is 2.31. The number of hydrogen-bond acceptors (Lipinski definition) is 3. The number of hydrogen-bond donors (Lipinski definition) is 0. The second kappa shape index (κ2) is 7.82. The van der Waals surface area contributed by atoms with Gasteiger partial charge in [-0.1, -0.05) is 24.3 Å². The fraction of sp³-hybridized carbons (Fsp3) is 0.174. The molecule has 0 bridgehead atoms. The maximum Gasteiger partial charge on any atom is 0.416 e. The number of halogens is 4. The lowest BCUT2D eigenvalue weighted by atomic mass is 9.87. The molecule has 0 amide bonds. The molecule has 0 saturated carbocycles. The van der Waals surface area contributed by atoms with Crippen LogP contribution in [0, 0.1) is 5.82 Å². The van der Waals surface area contributed by atoms with Crippen molar-refractivity contribution >= 4 is 17.7 Å². The van der Waals surface area contributed by atoms with Crippen LogP contribution in [0.3, 0.4) is 0 Å². The van der Waals surface area contributed by atoms with E-state index in [2.05, 4.69) is 9.98 Å². The number of Topliss-reactive ketones (excluding diaryl/α,β-unsaturated/α-hetero) is 1. The topological polar surface area (TPSA) is 42.3 Å². The highest BCUT2D eigenvalue weighted by atomic mass is 19.4. The predicted octanol–water partition coefficient (Wildman–Crippen LogP) is 5.90. The number of aromatic nitrogens is 1. The molecule has 1 atom stereocenters. The number of rotatable bonds is 5. The molecule has 7 heteroatoms. The van der Waals surface area contributed by atoms with E-state index < -0.39 is 23.5 Å². The predicted molar refractivity (Wildman–Crippen MR) is 105 cm³/mol. The second-order valence-electron chi connectivity index (χ2n) is 7.03. The fourth-order valence-electron chi connectivity index (χ4n) is 3.51. The lowest BCUT2D eigenvalue weighted by Gasteiger charge is -2.18. The van der Waals surface area contributed by atoms with Gasteiger partial charge in [0.2, 0.25) is 0 Å². The van der Waals surface area contributed by atoms with Crippen LogP contribution in [-0.2, 0) is 12.6 Å². The molecule has 1 aliphatic heterocycles. The van der Waals surface area contributed by atoms with Crippen LogP contribution in [0.5, 0.6) is 0 Å². The molecule has 0 fully saturated rings. The van der Waals surface area contributed by atoms with Crippen LogP contribution in [0.2, 0.25) is 0 Å². The Hall–Kier alpha value is -3.35. The maximum atomic E-state index is 14.5. The first-order valence-electron chi connectivity index (χ1n) is 9.29. The van der Waals surface area contributed by atoms with Crippen molar-refractivity contribution in [2.24, 2.45) is 4.99 Å². The normalized spacial score (nSPS) is 13.9. The zero-order valence-corrected chi connectivity index (χ0v) is 15.7. The summed E-state index contributed by atoms with van der Waals surface area (Å²) in [4.78, 5) is 21.2. The molecule has 0 unspecified atom stereocenters. The Morgan fingerprint density at radius 1 is 1.07 bits per heavy atom. The molecule has 1 aromatic heterocycles. The largest absolute Gasteiger partial charge is 0.416 e. The molecule has 152 valence electrons. The first-order chi connectivity index (χ1) is 14.3. The van der Waals surface area contributed by atoms with E-state index >= 15 is 0 Å². The SMILES string of the molecule is O=C(C[C@@H](c1ccc(C(F)(F)F)cc1)c1ncccc1F)c1ccc2c(c1)N=CC2. The summed E-state index contributed by atoms with van der Waals surface area (Å²) >= 11 is 0. The monoisotopic (exact) mass is 412 g/mol. The standard InChI is InChI=1S/C23H16F4N2O/c24-19-2-1-10-29-22(19)18(14-5-7-17(8-6-14)23(25,26)27)13-21(30)16-4-3-15-9-11-28-20(15)12-16/h1-8,10-12,18H,9,13H2/t18-/m0/s1. The quantitative estimate of drug-likeness (QED) is 0.387. The minimum absolute atomic E-state index is 0.0183. The molecular weight excluding hydrogens is 396 g/mol. The van der Waals surface area contributed by atoms with Crippen molar-refractivity contribution in [2.45, 2.75) is 24.9 Å². The summed E-state index contributed by atoms with van der Waals surface area (Å²) in [7, 11) is 0. The molecule has 0 radical (unpaired) electrons. The number of benzene rings is 2. The third-order valence-corrected chi connectivity index (χ3v) is 5.10. The maximum absolute atomic E-state index is 14.5. The average molecular weight is 412 g/mol. The van der Waals surface area contributed by atoms with Crippen LogP contribution in [0.4, 0.5) is 23.2 Å². The van der Waals surface area contributed by atoms with Gasteiger partial charge in [0, 0.05) is 36.7 Å². The number of pyridine rings is 1. The van der Waals surface area contributed by atoms with E-state index in [-0.39, 0.29) is 17.9 Å². The van der Waals surface area contributed by atoms with E-state index in [9.17, 15) is 22.4 Å². The van der Waals surface area contributed by atoms with E-state index in [0.29, 0.717) is 17.5 Å². The van der Waals surface area contributed by atoms with Gasteiger partial charge in [-0.2, -0.15) is 13.2 Å². The van der Waals surface area contributed by atoms with Gasteiger partial charge in [0.15, 0.2) is 5.78 Å². The summed E-state index contributed by atoms with van der Waals surface area (Å²) in [5.41, 5.74) is 1.74. The number of carbonyl (C=O) groups is 1. The molecule has 2 aromatic carbocycles. The van der Waals surface area contributed by atoms with Gasteiger partial charge in [-0.15, -0.1) is 0 Å². The van der Waals surface area contributed by atoms with E-state index in [0.717, 1.165) is 23.4 Å². The van der Waals surface area contributed by atoms with Gasteiger partial charge in [0.25, 0.3) is 0 Å². The molecular formula is C23H16F4N2O. The summed E-state index contributed by atoms with van der Waals surface area (Å²) in [6.07, 6.45) is -0.763. The van der Waals surface area contributed by atoms with Crippen LogP contribution in [0.1, 0.15) is 45.1 Å². The first kappa shape index (κ1) is 19.9. The first-order valence-corrected chi connectivity index (χ1v) is 9.29. The molecule has 0 spiro atoms. The molecule has 0 saturated heterocycles. The van der Waals surface area contributed by atoms with Crippen LogP contribution in [0.25, 0.3) is 0 Å². The minimum atomic E-state index is -4.48. The number of nitrogens with zero attached hydrogens (tertiary/aromatic N) is 2. The Morgan fingerprint density at radius 2 is 1.83 bits per heavy atom. The smallest absolute Gasteiger partial charge is 0.294 e. The van der Waals surface area contributed by atoms with Gasteiger partial charge in [-0.3, -0.25) is 14.8 Å². The van der Waals surface area contributed by atoms with Gasteiger partial charge in [0.05, 0.1) is 16.9 Å². The van der Waals surface area contributed by atoms with E-state index in [1.165, 1.54) is 30.5 Å². The van der Waals surface area contributed by atoms with Crippen LogP contribution in [-0.4, -0.2) is 17.0 Å². The van der Waals surface area contributed by atoms with Crippen molar-refractivity contribution in [2.75, 3.05) is 0 Å². The summed E-state index contributed by atoms with van der Waals surface area (Å²) in [5, 5.41) is 0. The third-order valence-electron chi connectivity index (χ3n) is 5.10. The lowest BCUT2D eigenvalue weighted by molar-refractivity contribution is -0.137. The van der Waals surface area contributed by atoms with Gasteiger partial charge in [-0.05, 0) is 41.5 Å². The molecule has 2 heterocycles. The fourth-order valence-corrected chi connectivity index (χ4v) is 3.51. The Kier molecular flexibility index (Phi) is 5.20. The molecule has 0 N–H and O–H groups in total. The van der Waals surface area contributed by atoms with Gasteiger partial charge in [0.1, 0.15) is 5.82 Å². The van der Waals surface area contributed by atoms with Gasteiger partial charge >= 0.3 is 6.18 Å². The zero-order chi connectivity index (χ0) is 21.3. The Morgan fingerprint density at radius 3 is 2.53 bits per heavy atom. The molecule has 30 heavy (non-hydrogen) atoms. The molecule has 3 nitrogen and oxygen atoms in total. The number of aliphatic imine (C=N–C) groups is 1. The summed E-state index contributed by atoms with van der Waals surface area (Å²) in [6, 6.07) is 12.2. The number of fused-ring (bicyclic) bond motifs is 1. The van der Waals surface area contributed by atoms with E-state index in [1.807, 2.05) is 6.07 Å². The number of alkyl halides is 3. The van der Waals surface area contributed by atoms with Crippen LogP contribution in [0.15, 0.2) is 65.8 Å². The number of carbonyl (C=O) groups excluding carboxylic acids is 1. The summed E-state index contributed by atoms with van der Waals surface area (Å²) in [5.74, 6) is -1.71. The van der Waals surface area contributed by atoms with Crippen molar-refractivity contribution in [1.29, 1.82) is 0 Å². The third kappa shape index (κ3) is 4.01. The van der Waals surface area contributed by atoms with Gasteiger partial charge < -0.3 is 0 Å². The van der Waals surface area contributed by atoms with Crippen molar-refractivity contribution in [3.8, 4) is 0 Å². The Labute approximate surface area is 170 Å². The summed E-state index contributed by atoms with van der Waals surface area (Å²) in [6.45, 7) is 0. The Balaban J connectivity index is 1.68.